The van der Waals surface area contributed by atoms with Crippen molar-refractivity contribution in [3.05, 3.63) is 23.8 Å². The van der Waals surface area contributed by atoms with E-state index in [1.165, 1.54) is 12.1 Å². The van der Waals surface area contributed by atoms with Crippen LogP contribution in [0.1, 0.15) is 24.9 Å². The molecule has 6 heteroatoms. The first-order valence-electron chi connectivity index (χ1n) is 4.67. The molecule has 1 atom stereocenters. The van der Waals surface area contributed by atoms with Gasteiger partial charge in [0.1, 0.15) is 0 Å². The van der Waals surface area contributed by atoms with E-state index in [1.54, 1.807) is 6.07 Å². The molecule has 3 nitrogen and oxygen atoms in total. The maximum Gasteiger partial charge on any atom is 0.586 e. The molecule has 0 radical (unpaired) electrons. The molecule has 1 aliphatic rings. The average molecular weight is 252 g/mol. The summed E-state index contributed by atoms with van der Waals surface area (Å²) in [6.07, 6.45) is -2.83. The minimum atomic E-state index is -3.56. The zero-order valence-electron chi connectivity index (χ0n) is 8.57. The van der Waals surface area contributed by atoms with Crippen LogP contribution in [0.25, 0.3) is 0 Å². The molecule has 0 aromatic heterocycles. The van der Waals surface area contributed by atoms with Crippen molar-refractivity contribution in [3.8, 4) is 11.5 Å². The van der Waals surface area contributed by atoms with E-state index in [9.17, 15) is 8.78 Å². The quantitative estimate of drug-likeness (QED) is 0.879. The molecule has 1 heterocycles. The number of halogens is 3. The Morgan fingerprint density at radius 2 is 1.94 bits per heavy atom. The SMILES string of the molecule is CC[C@@H](N)c1ccc2c(c1)OC(F)(F)O2.Cl. The summed E-state index contributed by atoms with van der Waals surface area (Å²) < 4.78 is 33.9. The molecule has 0 unspecified atom stereocenters. The van der Waals surface area contributed by atoms with Crippen molar-refractivity contribution >= 4 is 12.4 Å². The van der Waals surface area contributed by atoms with E-state index in [-0.39, 0.29) is 29.9 Å². The number of hydrogen-bond donors (Lipinski definition) is 1. The standard InChI is InChI=1S/C10H11F2NO2.ClH/c1-2-7(13)6-3-4-8-9(5-6)15-10(11,12)14-8;/h3-5,7H,2,13H2,1H3;1H/t7-;/m1./s1. The highest BCUT2D eigenvalue weighted by Crippen LogP contribution is 2.41. The van der Waals surface area contributed by atoms with Crippen LogP contribution in [0.4, 0.5) is 8.78 Å². The number of rotatable bonds is 2. The highest BCUT2D eigenvalue weighted by Gasteiger charge is 2.43. The summed E-state index contributed by atoms with van der Waals surface area (Å²) in [4.78, 5) is 0. The van der Waals surface area contributed by atoms with Crippen molar-refractivity contribution in [2.24, 2.45) is 5.73 Å². The summed E-state index contributed by atoms with van der Waals surface area (Å²) in [5.74, 6) is 0.0912. The van der Waals surface area contributed by atoms with Crippen LogP contribution in [0, 0.1) is 0 Å². The Balaban J connectivity index is 0.00000128. The van der Waals surface area contributed by atoms with Crippen molar-refractivity contribution in [2.45, 2.75) is 25.7 Å². The molecular formula is C10H12ClF2NO2. The van der Waals surface area contributed by atoms with E-state index in [4.69, 9.17) is 5.73 Å². The molecule has 2 N–H and O–H groups in total. The zero-order valence-corrected chi connectivity index (χ0v) is 9.39. The number of benzene rings is 1. The van der Waals surface area contributed by atoms with E-state index in [2.05, 4.69) is 9.47 Å². The molecule has 0 aliphatic carbocycles. The number of alkyl halides is 2. The fourth-order valence-electron chi connectivity index (χ4n) is 1.43. The van der Waals surface area contributed by atoms with E-state index >= 15 is 0 Å². The molecule has 16 heavy (non-hydrogen) atoms. The summed E-state index contributed by atoms with van der Waals surface area (Å²) in [5.41, 5.74) is 6.53. The number of ether oxygens (including phenoxy) is 2. The molecule has 90 valence electrons. The van der Waals surface area contributed by atoms with Crippen LogP contribution in [0.2, 0.25) is 0 Å². The van der Waals surface area contributed by atoms with Gasteiger partial charge in [-0.05, 0) is 24.1 Å². The summed E-state index contributed by atoms with van der Waals surface area (Å²) in [6.45, 7) is 1.92. The second-order valence-corrected chi connectivity index (χ2v) is 3.39. The molecule has 1 aromatic carbocycles. The van der Waals surface area contributed by atoms with Crippen LogP contribution in [0.3, 0.4) is 0 Å². The molecule has 1 aromatic rings. The average Bonchev–Trinajstić information content (AvgIpc) is 2.49. The smallest absolute Gasteiger partial charge is 0.395 e. The third-order valence-corrected chi connectivity index (χ3v) is 2.29. The lowest BCUT2D eigenvalue weighted by molar-refractivity contribution is -0.286. The third kappa shape index (κ3) is 2.36. The van der Waals surface area contributed by atoms with Gasteiger partial charge in [0.15, 0.2) is 11.5 Å². The maximum absolute atomic E-state index is 12.7. The van der Waals surface area contributed by atoms with Crippen molar-refractivity contribution < 1.29 is 18.3 Å². The Hall–Kier alpha value is -1.07. The summed E-state index contributed by atoms with van der Waals surface area (Å²) >= 11 is 0. The van der Waals surface area contributed by atoms with Gasteiger partial charge in [0.2, 0.25) is 0 Å². The lowest BCUT2D eigenvalue weighted by Crippen LogP contribution is -2.25. The third-order valence-electron chi connectivity index (χ3n) is 2.29. The Bertz CT molecular complexity index is 387. The van der Waals surface area contributed by atoms with Gasteiger partial charge in [-0.15, -0.1) is 21.2 Å². The summed E-state index contributed by atoms with van der Waals surface area (Å²) in [7, 11) is 0. The minimum Gasteiger partial charge on any atom is -0.395 e. The van der Waals surface area contributed by atoms with Crippen LogP contribution in [0.5, 0.6) is 11.5 Å². The highest BCUT2D eigenvalue weighted by atomic mass is 35.5. The van der Waals surface area contributed by atoms with E-state index in [0.717, 1.165) is 12.0 Å². The van der Waals surface area contributed by atoms with Crippen LogP contribution >= 0.6 is 12.4 Å². The van der Waals surface area contributed by atoms with Gasteiger partial charge in [0.25, 0.3) is 0 Å². The minimum absolute atomic E-state index is 0. The zero-order chi connectivity index (χ0) is 11.1. The predicted molar refractivity (Wildman–Crippen MR) is 57.1 cm³/mol. The van der Waals surface area contributed by atoms with Gasteiger partial charge >= 0.3 is 6.29 Å². The van der Waals surface area contributed by atoms with Crippen molar-refractivity contribution in [1.29, 1.82) is 0 Å². The Labute approximate surface area is 97.9 Å². The van der Waals surface area contributed by atoms with Crippen molar-refractivity contribution in [1.82, 2.24) is 0 Å². The fraction of sp³-hybridized carbons (Fsp3) is 0.400. The van der Waals surface area contributed by atoms with Gasteiger partial charge in [-0.25, -0.2) is 0 Å². The predicted octanol–water partition coefficient (Wildman–Crippen LogP) is 2.84. The van der Waals surface area contributed by atoms with Crippen LogP contribution in [-0.2, 0) is 0 Å². The van der Waals surface area contributed by atoms with E-state index < -0.39 is 6.29 Å². The van der Waals surface area contributed by atoms with Crippen molar-refractivity contribution in [3.63, 3.8) is 0 Å². The molecule has 0 spiro atoms. The second kappa shape index (κ2) is 4.43. The Morgan fingerprint density at radius 1 is 1.31 bits per heavy atom. The molecule has 0 amide bonds. The van der Waals surface area contributed by atoms with Crippen LogP contribution < -0.4 is 15.2 Å². The largest absolute Gasteiger partial charge is 0.586 e. The molecule has 2 rings (SSSR count). The maximum atomic E-state index is 12.7. The normalized spacial score (nSPS) is 17.8. The summed E-state index contributed by atoms with van der Waals surface area (Å²) in [5, 5.41) is 0. The topological polar surface area (TPSA) is 44.5 Å². The van der Waals surface area contributed by atoms with Gasteiger partial charge < -0.3 is 15.2 Å². The first-order chi connectivity index (χ1) is 7.02. The summed E-state index contributed by atoms with van der Waals surface area (Å²) in [6, 6.07) is 4.43. The number of hydrogen-bond acceptors (Lipinski definition) is 3. The van der Waals surface area contributed by atoms with Gasteiger partial charge in [-0.3, -0.25) is 0 Å². The lowest BCUT2D eigenvalue weighted by Gasteiger charge is -2.08. The number of nitrogens with two attached hydrogens (primary N) is 1. The first kappa shape index (κ1) is 13.0. The van der Waals surface area contributed by atoms with Gasteiger partial charge in [-0.1, -0.05) is 13.0 Å². The van der Waals surface area contributed by atoms with Gasteiger partial charge in [0, 0.05) is 6.04 Å². The molecule has 1 aliphatic heterocycles. The molecular weight excluding hydrogens is 240 g/mol. The van der Waals surface area contributed by atoms with Gasteiger partial charge in [-0.2, -0.15) is 0 Å². The van der Waals surface area contributed by atoms with E-state index in [1.807, 2.05) is 6.92 Å². The highest BCUT2D eigenvalue weighted by molar-refractivity contribution is 5.85. The fourth-order valence-corrected chi connectivity index (χ4v) is 1.43. The lowest BCUT2D eigenvalue weighted by atomic mass is 10.1. The molecule has 0 saturated heterocycles. The molecule has 0 saturated carbocycles. The Kier molecular flexibility index (Phi) is 3.60. The molecule has 0 bridgehead atoms. The molecule has 0 fully saturated rings. The van der Waals surface area contributed by atoms with Crippen LogP contribution in [-0.4, -0.2) is 6.29 Å². The first-order valence-corrected chi connectivity index (χ1v) is 4.67. The monoisotopic (exact) mass is 251 g/mol. The Morgan fingerprint density at radius 3 is 2.56 bits per heavy atom. The van der Waals surface area contributed by atoms with Gasteiger partial charge in [0.05, 0.1) is 0 Å². The number of fused-ring (bicyclic) bond motifs is 1. The second-order valence-electron chi connectivity index (χ2n) is 3.39. The van der Waals surface area contributed by atoms with Crippen molar-refractivity contribution in [2.75, 3.05) is 0 Å². The van der Waals surface area contributed by atoms with E-state index in [0.29, 0.717) is 0 Å². The van der Waals surface area contributed by atoms with Crippen LogP contribution in [0.15, 0.2) is 18.2 Å².